The van der Waals surface area contributed by atoms with Crippen molar-refractivity contribution in [3.8, 4) is 0 Å². The fraction of sp³-hybridized carbons (Fsp3) is 0.571. The predicted octanol–water partition coefficient (Wildman–Crippen LogP) is 2.14. The molecule has 0 N–H and O–H groups in total. The summed E-state index contributed by atoms with van der Waals surface area (Å²) in [6.07, 6.45) is 2.78. The van der Waals surface area contributed by atoms with Gasteiger partial charge in [-0.25, -0.2) is 0 Å². The lowest BCUT2D eigenvalue weighted by Crippen LogP contribution is -2.50. The zero-order valence-corrected chi connectivity index (χ0v) is 9.97. The number of piperazine rings is 1. The summed E-state index contributed by atoms with van der Waals surface area (Å²) < 4.78 is 0. The van der Waals surface area contributed by atoms with E-state index in [-0.39, 0.29) is 0 Å². The molecule has 3 rings (SSSR count). The molecule has 0 bridgehead atoms. The van der Waals surface area contributed by atoms with E-state index in [9.17, 15) is 0 Å². The summed E-state index contributed by atoms with van der Waals surface area (Å²) in [6.45, 7) is 3.76. The number of hydrogen-bond donors (Lipinski definition) is 0. The fourth-order valence-electron chi connectivity index (χ4n) is 3.20. The van der Waals surface area contributed by atoms with Crippen molar-refractivity contribution in [2.45, 2.75) is 24.9 Å². The van der Waals surface area contributed by atoms with E-state index in [1.807, 2.05) is 0 Å². The molecule has 0 amide bonds. The molecule has 2 heteroatoms. The summed E-state index contributed by atoms with van der Waals surface area (Å²) in [4.78, 5) is 5.21. The molecule has 0 saturated carbocycles. The summed E-state index contributed by atoms with van der Waals surface area (Å²) in [6, 6.07) is 12.3. The second kappa shape index (κ2) is 4.19. The third-order valence-electron chi connectivity index (χ3n) is 4.12. The van der Waals surface area contributed by atoms with Gasteiger partial charge in [-0.3, -0.25) is 9.80 Å². The Morgan fingerprint density at radius 2 is 1.94 bits per heavy atom. The molecule has 2 aliphatic heterocycles. The molecular formula is C14H20N2. The van der Waals surface area contributed by atoms with Gasteiger partial charge in [0.05, 0.1) is 0 Å². The van der Waals surface area contributed by atoms with E-state index < -0.39 is 0 Å². The number of hydrogen-bond acceptors (Lipinski definition) is 2. The van der Waals surface area contributed by atoms with E-state index in [0.717, 1.165) is 6.04 Å². The number of rotatable bonds is 1. The summed E-state index contributed by atoms with van der Waals surface area (Å²) >= 11 is 0. The first kappa shape index (κ1) is 10.3. The Morgan fingerprint density at radius 1 is 1.12 bits per heavy atom. The second-order valence-corrected chi connectivity index (χ2v) is 5.16. The maximum absolute atomic E-state index is 2.68. The molecule has 0 aliphatic carbocycles. The van der Waals surface area contributed by atoms with Gasteiger partial charge in [0.25, 0.3) is 0 Å². The van der Waals surface area contributed by atoms with Crippen LogP contribution < -0.4 is 0 Å². The van der Waals surface area contributed by atoms with Crippen molar-refractivity contribution in [3.05, 3.63) is 35.9 Å². The van der Waals surface area contributed by atoms with Gasteiger partial charge < -0.3 is 0 Å². The quantitative estimate of drug-likeness (QED) is 0.709. The Kier molecular flexibility index (Phi) is 2.70. The zero-order chi connectivity index (χ0) is 11.0. The molecule has 0 aromatic heterocycles. The Hall–Kier alpha value is -0.860. The average molecular weight is 216 g/mol. The van der Waals surface area contributed by atoms with Gasteiger partial charge in [-0.05, 0) is 32.0 Å². The summed E-state index contributed by atoms with van der Waals surface area (Å²) in [5.74, 6) is 0. The largest absolute Gasteiger partial charge is 0.297 e. The van der Waals surface area contributed by atoms with Crippen LogP contribution in [0, 0.1) is 0 Å². The Bertz CT molecular complexity index is 349. The second-order valence-electron chi connectivity index (χ2n) is 5.16. The van der Waals surface area contributed by atoms with E-state index in [4.69, 9.17) is 0 Å². The van der Waals surface area contributed by atoms with E-state index in [1.54, 1.807) is 0 Å². The molecule has 16 heavy (non-hydrogen) atoms. The highest BCUT2D eigenvalue weighted by Crippen LogP contribution is 2.30. The van der Waals surface area contributed by atoms with Gasteiger partial charge >= 0.3 is 0 Å². The van der Waals surface area contributed by atoms with Crippen LogP contribution in [0.4, 0.5) is 0 Å². The third kappa shape index (κ3) is 1.76. The lowest BCUT2D eigenvalue weighted by Gasteiger charge is -2.42. The van der Waals surface area contributed by atoms with Crippen molar-refractivity contribution in [3.63, 3.8) is 0 Å². The Labute approximate surface area is 97.9 Å². The molecule has 2 nitrogen and oxygen atoms in total. The van der Waals surface area contributed by atoms with Crippen LogP contribution in [0.1, 0.15) is 24.4 Å². The van der Waals surface area contributed by atoms with Gasteiger partial charge in [0.1, 0.15) is 0 Å². The van der Waals surface area contributed by atoms with Crippen molar-refractivity contribution < 1.29 is 0 Å². The minimum Gasteiger partial charge on any atom is -0.297 e. The summed E-state index contributed by atoms with van der Waals surface area (Å²) in [7, 11) is 2.27. The van der Waals surface area contributed by atoms with Gasteiger partial charge in [0.2, 0.25) is 0 Å². The highest BCUT2D eigenvalue weighted by atomic mass is 15.3. The van der Waals surface area contributed by atoms with E-state index in [0.29, 0.717) is 6.04 Å². The molecular weight excluding hydrogens is 196 g/mol. The molecule has 2 fully saturated rings. The molecule has 2 heterocycles. The summed E-state index contributed by atoms with van der Waals surface area (Å²) in [5.41, 5.74) is 1.47. The topological polar surface area (TPSA) is 6.48 Å². The van der Waals surface area contributed by atoms with Crippen LogP contribution in [0.3, 0.4) is 0 Å². The molecule has 1 aromatic rings. The SMILES string of the molecule is CN1C[C@@H]2CCCN2C[C@H]1c1ccccc1. The van der Waals surface area contributed by atoms with Crippen LogP contribution in [-0.4, -0.2) is 42.5 Å². The van der Waals surface area contributed by atoms with Gasteiger partial charge in [0.15, 0.2) is 0 Å². The normalized spacial score (nSPS) is 31.6. The number of fused-ring (bicyclic) bond motifs is 1. The first-order valence-corrected chi connectivity index (χ1v) is 6.34. The van der Waals surface area contributed by atoms with Crippen molar-refractivity contribution in [2.75, 3.05) is 26.7 Å². The number of benzene rings is 1. The molecule has 2 saturated heterocycles. The molecule has 0 spiro atoms. The number of nitrogens with zero attached hydrogens (tertiary/aromatic N) is 2. The molecule has 86 valence electrons. The lowest BCUT2D eigenvalue weighted by molar-refractivity contribution is 0.0705. The molecule has 0 radical (unpaired) electrons. The van der Waals surface area contributed by atoms with Gasteiger partial charge in [-0.2, -0.15) is 0 Å². The van der Waals surface area contributed by atoms with Crippen molar-refractivity contribution in [2.24, 2.45) is 0 Å². The van der Waals surface area contributed by atoms with Crippen LogP contribution in [-0.2, 0) is 0 Å². The smallest absolute Gasteiger partial charge is 0.0472 e. The standard InChI is InChI=1S/C14H20N2/c1-15-10-13-8-5-9-16(13)11-14(15)12-6-3-2-4-7-12/h2-4,6-7,13-14H,5,8-11H2,1H3/t13-,14-/m0/s1. The van der Waals surface area contributed by atoms with Crippen molar-refractivity contribution >= 4 is 0 Å². The average Bonchev–Trinajstić information content (AvgIpc) is 2.76. The van der Waals surface area contributed by atoms with Gasteiger partial charge in [-0.15, -0.1) is 0 Å². The molecule has 2 aliphatic rings. The van der Waals surface area contributed by atoms with E-state index in [1.165, 1.54) is 38.0 Å². The van der Waals surface area contributed by atoms with E-state index in [2.05, 4.69) is 47.2 Å². The van der Waals surface area contributed by atoms with Crippen molar-refractivity contribution in [1.29, 1.82) is 0 Å². The number of likely N-dealkylation sites (N-methyl/N-ethyl adjacent to an activating group) is 1. The third-order valence-corrected chi connectivity index (χ3v) is 4.12. The Balaban J connectivity index is 1.80. The van der Waals surface area contributed by atoms with Gasteiger partial charge in [-0.1, -0.05) is 30.3 Å². The highest BCUT2D eigenvalue weighted by Gasteiger charge is 2.34. The maximum Gasteiger partial charge on any atom is 0.0472 e. The van der Waals surface area contributed by atoms with Crippen LogP contribution in [0.15, 0.2) is 30.3 Å². The van der Waals surface area contributed by atoms with Gasteiger partial charge in [0, 0.05) is 25.2 Å². The minimum absolute atomic E-state index is 0.593. The first-order valence-electron chi connectivity index (χ1n) is 6.34. The fourth-order valence-corrected chi connectivity index (χ4v) is 3.20. The molecule has 0 unspecified atom stereocenters. The predicted molar refractivity (Wildman–Crippen MR) is 66.4 cm³/mol. The maximum atomic E-state index is 2.68. The minimum atomic E-state index is 0.593. The molecule has 1 aromatic carbocycles. The zero-order valence-electron chi connectivity index (χ0n) is 9.97. The van der Waals surface area contributed by atoms with Crippen LogP contribution >= 0.6 is 0 Å². The highest BCUT2D eigenvalue weighted by molar-refractivity contribution is 5.20. The molecule has 2 atom stereocenters. The van der Waals surface area contributed by atoms with Crippen molar-refractivity contribution in [1.82, 2.24) is 9.80 Å². The Morgan fingerprint density at radius 3 is 2.75 bits per heavy atom. The first-order chi connectivity index (χ1) is 7.84. The van der Waals surface area contributed by atoms with E-state index >= 15 is 0 Å². The van der Waals surface area contributed by atoms with Crippen LogP contribution in [0.2, 0.25) is 0 Å². The lowest BCUT2D eigenvalue weighted by atomic mass is 10.0. The van der Waals surface area contributed by atoms with Crippen LogP contribution in [0.25, 0.3) is 0 Å². The van der Waals surface area contributed by atoms with Crippen LogP contribution in [0.5, 0.6) is 0 Å². The monoisotopic (exact) mass is 216 g/mol. The summed E-state index contributed by atoms with van der Waals surface area (Å²) in [5, 5.41) is 0.